The van der Waals surface area contributed by atoms with Crippen LogP contribution in [-0.2, 0) is 4.79 Å². The molecule has 27 heavy (non-hydrogen) atoms. The third-order valence-electron chi connectivity index (χ3n) is 3.70. The van der Waals surface area contributed by atoms with Crippen LogP contribution in [0.25, 0.3) is 0 Å². The van der Waals surface area contributed by atoms with Crippen molar-refractivity contribution in [2.45, 2.75) is 24.2 Å². The van der Waals surface area contributed by atoms with E-state index in [2.05, 4.69) is 22.8 Å². The van der Waals surface area contributed by atoms with Crippen molar-refractivity contribution in [2.75, 3.05) is 18.8 Å². The van der Waals surface area contributed by atoms with Gasteiger partial charge in [0.2, 0.25) is 5.91 Å². The molecule has 144 valence electrons. The smallest absolute Gasteiger partial charge is 0.254 e. The fourth-order valence-electron chi connectivity index (χ4n) is 2.31. The van der Waals surface area contributed by atoms with E-state index < -0.39 is 17.5 Å². The molecule has 0 aliphatic rings. The highest BCUT2D eigenvalue weighted by atomic mass is 32.2. The predicted molar refractivity (Wildman–Crippen MR) is 103 cm³/mol. The average Bonchev–Trinajstić information content (AvgIpc) is 2.65. The number of rotatable bonds is 10. The maximum absolute atomic E-state index is 13.5. The molecule has 0 aromatic heterocycles. The van der Waals surface area contributed by atoms with E-state index in [1.165, 1.54) is 4.90 Å². The summed E-state index contributed by atoms with van der Waals surface area (Å²) in [6, 6.07) is 12.9. The lowest BCUT2D eigenvalue weighted by Crippen LogP contribution is -2.28. The molecule has 7 heteroatoms. The number of thioether (sulfide) groups is 1. The van der Waals surface area contributed by atoms with Crippen LogP contribution in [0.15, 0.2) is 53.4 Å². The monoisotopic (exact) mass is 392 g/mol. The van der Waals surface area contributed by atoms with E-state index in [0.717, 1.165) is 24.3 Å². The van der Waals surface area contributed by atoms with E-state index in [9.17, 15) is 18.4 Å². The van der Waals surface area contributed by atoms with E-state index in [1.54, 1.807) is 11.8 Å². The molecule has 2 amide bonds. The van der Waals surface area contributed by atoms with E-state index >= 15 is 0 Å². The molecule has 2 rings (SSSR count). The molecule has 0 heterocycles. The maximum atomic E-state index is 13.5. The van der Waals surface area contributed by atoms with Gasteiger partial charge in [0.25, 0.3) is 5.91 Å². The molecule has 0 unspecified atom stereocenters. The summed E-state index contributed by atoms with van der Waals surface area (Å²) in [5.41, 5.74) is -0.211. The van der Waals surface area contributed by atoms with Crippen LogP contribution >= 0.6 is 11.8 Å². The number of benzene rings is 2. The second-order valence-corrected chi connectivity index (χ2v) is 7.02. The van der Waals surface area contributed by atoms with Crippen molar-refractivity contribution in [3.05, 3.63) is 65.7 Å². The zero-order valence-electron chi connectivity index (χ0n) is 14.8. The van der Waals surface area contributed by atoms with Gasteiger partial charge in [-0.25, -0.2) is 8.78 Å². The van der Waals surface area contributed by atoms with Gasteiger partial charge in [-0.3, -0.25) is 9.59 Å². The summed E-state index contributed by atoms with van der Waals surface area (Å²) in [5, 5.41) is 5.36. The first-order valence-electron chi connectivity index (χ1n) is 8.74. The van der Waals surface area contributed by atoms with Crippen LogP contribution in [0.2, 0.25) is 0 Å². The van der Waals surface area contributed by atoms with Gasteiger partial charge in [-0.2, -0.15) is 0 Å². The molecule has 0 radical (unpaired) electrons. The van der Waals surface area contributed by atoms with E-state index in [1.807, 2.05) is 18.2 Å². The summed E-state index contributed by atoms with van der Waals surface area (Å²) < 4.78 is 26.3. The van der Waals surface area contributed by atoms with Gasteiger partial charge in [-0.15, -0.1) is 11.8 Å². The van der Waals surface area contributed by atoms with E-state index in [0.29, 0.717) is 19.0 Å². The van der Waals surface area contributed by atoms with Crippen molar-refractivity contribution in [3.8, 4) is 0 Å². The van der Waals surface area contributed by atoms with Crippen LogP contribution in [0.4, 0.5) is 8.78 Å². The molecule has 0 fully saturated rings. The molecule has 0 atom stereocenters. The maximum Gasteiger partial charge on any atom is 0.254 e. The van der Waals surface area contributed by atoms with Gasteiger partial charge in [0, 0.05) is 30.5 Å². The molecule has 0 saturated carbocycles. The molecule has 0 aliphatic heterocycles. The van der Waals surface area contributed by atoms with Crippen molar-refractivity contribution in [1.29, 1.82) is 0 Å². The number of hydrogen-bond acceptors (Lipinski definition) is 3. The Hall–Kier alpha value is -2.41. The van der Waals surface area contributed by atoms with Gasteiger partial charge >= 0.3 is 0 Å². The average molecular weight is 392 g/mol. The lowest BCUT2D eigenvalue weighted by molar-refractivity contribution is -0.121. The number of nitrogens with one attached hydrogen (secondary N) is 2. The van der Waals surface area contributed by atoms with Gasteiger partial charge in [0.15, 0.2) is 0 Å². The third-order valence-corrected chi connectivity index (χ3v) is 4.80. The normalized spacial score (nSPS) is 10.4. The largest absolute Gasteiger partial charge is 0.356 e. The summed E-state index contributed by atoms with van der Waals surface area (Å²) >= 11 is 1.74. The Morgan fingerprint density at radius 2 is 1.67 bits per heavy atom. The molecule has 0 saturated heterocycles. The highest BCUT2D eigenvalue weighted by molar-refractivity contribution is 7.99. The Morgan fingerprint density at radius 3 is 2.41 bits per heavy atom. The highest BCUT2D eigenvalue weighted by Gasteiger charge is 2.12. The number of carbonyl (C=O) groups is 2. The van der Waals surface area contributed by atoms with Crippen LogP contribution in [0.1, 0.15) is 29.6 Å². The third kappa shape index (κ3) is 7.78. The molecular formula is C20H22F2N2O2S. The minimum Gasteiger partial charge on any atom is -0.356 e. The second-order valence-electron chi connectivity index (χ2n) is 5.85. The van der Waals surface area contributed by atoms with Crippen LogP contribution in [0.3, 0.4) is 0 Å². The zero-order chi connectivity index (χ0) is 19.5. The lowest BCUT2D eigenvalue weighted by Gasteiger charge is -2.07. The first-order valence-corrected chi connectivity index (χ1v) is 9.72. The standard InChI is InChI=1S/C20H22F2N2O2S/c21-15-9-10-17(18(22)14-15)20(26)24-11-4-8-19(25)23-12-5-13-27-16-6-2-1-3-7-16/h1-3,6-7,9-10,14H,4-5,8,11-13H2,(H,23,25)(H,24,26). The topological polar surface area (TPSA) is 58.2 Å². The van der Waals surface area contributed by atoms with Crippen LogP contribution in [-0.4, -0.2) is 30.7 Å². The first-order chi connectivity index (χ1) is 13.1. The molecule has 4 nitrogen and oxygen atoms in total. The molecule has 0 aliphatic carbocycles. The Kier molecular flexibility index (Phi) is 8.77. The minimum absolute atomic E-state index is 0.0816. The quantitative estimate of drug-likeness (QED) is 0.478. The number of hydrogen-bond donors (Lipinski definition) is 2. The molecule has 2 N–H and O–H groups in total. The van der Waals surface area contributed by atoms with Gasteiger partial charge < -0.3 is 10.6 Å². The SMILES string of the molecule is O=C(CCCNC(=O)c1ccc(F)cc1F)NCCCSc1ccccc1. The Balaban J connectivity index is 1.53. The molecule has 0 spiro atoms. The molecule has 2 aromatic rings. The van der Waals surface area contributed by atoms with Crippen LogP contribution in [0.5, 0.6) is 0 Å². The summed E-state index contributed by atoms with van der Waals surface area (Å²) in [5.74, 6) is -1.42. The predicted octanol–water partition coefficient (Wildman–Crippen LogP) is 3.77. The van der Waals surface area contributed by atoms with Crippen molar-refractivity contribution in [1.82, 2.24) is 10.6 Å². The van der Waals surface area contributed by atoms with Crippen LogP contribution < -0.4 is 10.6 Å². The highest BCUT2D eigenvalue weighted by Crippen LogP contribution is 2.17. The zero-order valence-corrected chi connectivity index (χ0v) is 15.7. The van der Waals surface area contributed by atoms with Gasteiger partial charge in [0.1, 0.15) is 11.6 Å². The van der Waals surface area contributed by atoms with Crippen molar-refractivity contribution >= 4 is 23.6 Å². The molecular weight excluding hydrogens is 370 g/mol. The summed E-state index contributed by atoms with van der Waals surface area (Å²) in [6.45, 7) is 0.846. The minimum atomic E-state index is -0.904. The fourth-order valence-corrected chi connectivity index (χ4v) is 3.19. The van der Waals surface area contributed by atoms with Crippen molar-refractivity contribution < 1.29 is 18.4 Å². The van der Waals surface area contributed by atoms with E-state index in [-0.39, 0.29) is 24.4 Å². The lowest BCUT2D eigenvalue weighted by atomic mass is 10.2. The summed E-state index contributed by atoms with van der Waals surface area (Å²) in [4.78, 5) is 24.8. The summed E-state index contributed by atoms with van der Waals surface area (Å²) in [6.07, 6.45) is 1.59. The van der Waals surface area contributed by atoms with Gasteiger partial charge in [-0.1, -0.05) is 18.2 Å². The van der Waals surface area contributed by atoms with Gasteiger partial charge in [0.05, 0.1) is 5.56 Å². The van der Waals surface area contributed by atoms with Gasteiger partial charge in [-0.05, 0) is 42.9 Å². The number of carbonyl (C=O) groups excluding carboxylic acids is 2. The molecule has 0 bridgehead atoms. The van der Waals surface area contributed by atoms with E-state index in [4.69, 9.17) is 0 Å². The fraction of sp³-hybridized carbons (Fsp3) is 0.300. The number of halogens is 2. The van der Waals surface area contributed by atoms with Crippen molar-refractivity contribution in [2.24, 2.45) is 0 Å². The summed E-state index contributed by atoms with van der Waals surface area (Å²) in [7, 11) is 0. The number of amides is 2. The van der Waals surface area contributed by atoms with Crippen LogP contribution in [0, 0.1) is 11.6 Å². The van der Waals surface area contributed by atoms with Crippen molar-refractivity contribution in [3.63, 3.8) is 0 Å². The first kappa shape index (κ1) is 20.9. The Morgan fingerprint density at radius 1 is 0.926 bits per heavy atom. The Bertz CT molecular complexity index is 757. The molecule has 2 aromatic carbocycles. The Labute approximate surface area is 161 Å². The second kappa shape index (κ2) is 11.3.